The Morgan fingerprint density at radius 1 is 1.26 bits per heavy atom. The zero-order valence-corrected chi connectivity index (χ0v) is 22.2. The fourth-order valence-electron chi connectivity index (χ4n) is 5.61. The molecule has 4 rings (SSSR count). The molecule has 1 aromatic carbocycles. The molecule has 190 valence electrons. The molecular weight excluding hydrogens is 488 g/mol. The van der Waals surface area contributed by atoms with Crippen LogP contribution in [0.3, 0.4) is 0 Å². The molecule has 0 radical (unpaired) electrons. The van der Waals surface area contributed by atoms with Crippen LogP contribution in [0.15, 0.2) is 41.4 Å². The number of hydrogen-bond donors (Lipinski definition) is 2. The van der Waals surface area contributed by atoms with Crippen molar-refractivity contribution in [2.75, 3.05) is 14.1 Å². The van der Waals surface area contributed by atoms with Gasteiger partial charge < -0.3 is 15.8 Å². The van der Waals surface area contributed by atoms with Gasteiger partial charge in [0.2, 0.25) is 0 Å². The van der Waals surface area contributed by atoms with Crippen LogP contribution in [0, 0.1) is 17.7 Å². The molecule has 2 aliphatic rings. The fourth-order valence-corrected chi connectivity index (χ4v) is 6.29. The Balaban J connectivity index is 1.49. The van der Waals surface area contributed by atoms with Crippen molar-refractivity contribution in [2.45, 2.75) is 63.6 Å². The maximum atomic E-state index is 14.0. The third-order valence-electron chi connectivity index (χ3n) is 7.60. The van der Waals surface area contributed by atoms with E-state index in [-0.39, 0.29) is 16.8 Å². The number of amidine groups is 1. The highest BCUT2D eigenvalue weighted by Gasteiger charge is 2.42. The van der Waals surface area contributed by atoms with E-state index < -0.39 is 11.9 Å². The number of benzene rings is 1. The maximum absolute atomic E-state index is 14.0. The van der Waals surface area contributed by atoms with E-state index in [4.69, 9.17) is 38.8 Å². The summed E-state index contributed by atoms with van der Waals surface area (Å²) < 4.78 is 22.3. The summed E-state index contributed by atoms with van der Waals surface area (Å²) >= 11 is 12.5. The average molecular weight is 522 g/mol. The molecule has 0 bridgehead atoms. The number of nitrogens with one attached hydrogen (secondary N) is 1. The first kappa shape index (κ1) is 26.0. The quantitative estimate of drug-likeness (QED) is 0.192. The molecular formula is C26H34Cl2FN5O. The number of halogens is 3. The van der Waals surface area contributed by atoms with Gasteiger partial charge >= 0.3 is 0 Å². The van der Waals surface area contributed by atoms with Gasteiger partial charge in [-0.2, -0.15) is 5.10 Å². The number of nitrogens with zero attached hydrogens (tertiary/aromatic N) is 3. The van der Waals surface area contributed by atoms with Gasteiger partial charge in [-0.05, 0) is 75.3 Å². The maximum Gasteiger partial charge on any atom is 0.160 e. The number of allylic oxidation sites excluding steroid dienone is 1. The van der Waals surface area contributed by atoms with Crippen molar-refractivity contribution in [3.8, 4) is 0 Å². The Morgan fingerprint density at radius 3 is 2.57 bits per heavy atom. The van der Waals surface area contributed by atoms with Crippen LogP contribution in [-0.2, 0) is 4.74 Å². The topological polar surface area (TPSA) is 77.5 Å². The minimum absolute atomic E-state index is 0.0284. The second-order valence-electron chi connectivity index (χ2n) is 9.80. The third kappa shape index (κ3) is 5.52. The zero-order chi connectivity index (χ0) is 25.3. The van der Waals surface area contributed by atoms with E-state index in [2.05, 4.69) is 35.2 Å². The summed E-state index contributed by atoms with van der Waals surface area (Å²) in [6, 6.07) is 3.80. The summed E-state index contributed by atoms with van der Waals surface area (Å²) in [5, 5.41) is 8.39. The van der Waals surface area contributed by atoms with Crippen molar-refractivity contribution < 1.29 is 9.13 Å². The van der Waals surface area contributed by atoms with Gasteiger partial charge in [0.15, 0.2) is 11.6 Å². The van der Waals surface area contributed by atoms with Crippen LogP contribution in [0.1, 0.15) is 68.7 Å². The highest BCUT2D eigenvalue weighted by molar-refractivity contribution is 6.36. The highest BCUT2D eigenvalue weighted by atomic mass is 35.5. The molecule has 0 spiro atoms. The average Bonchev–Trinajstić information content (AvgIpc) is 3.55. The summed E-state index contributed by atoms with van der Waals surface area (Å²) in [7, 11) is 3.66. The van der Waals surface area contributed by atoms with Gasteiger partial charge in [-0.1, -0.05) is 30.1 Å². The second-order valence-corrected chi connectivity index (χ2v) is 10.6. The lowest BCUT2D eigenvalue weighted by Gasteiger charge is -2.20. The normalized spacial score (nSPS) is 26.6. The second kappa shape index (κ2) is 10.9. The summed E-state index contributed by atoms with van der Waals surface area (Å²) in [6.07, 6.45) is 10.2. The van der Waals surface area contributed by atoms with Crippen molar-refractivity contribution in [3.05, 3.63) is 63.4 Å². The van der Waals surface area contributed by atoms with Crippen molar-refractivity contribution in [3.63, 3.8) is 0 Å². The largest absolute Gasteiger partial charge is 0.482 e. The molecule has 4 atom stereocenters. The smallest absolute Gasteiger partial charge is 0.160 e. The van der Waals surface area contributed by atoms with E-state index >= 15 is 0 Å². The van der Waals surface area contributed by atoms with Crippen molar-refractivity contribution in [1.29, 1.82) is 0 Å². The number of aliphatic imine (C=N–C) groups is 1. The first-order valence-corrected chi connectivity index (χ1v) is 12.9. The van der Waals surface area contributed by atoms with Gasteiger partial charge in [0.25, 0.3) is 0 Å². The van der Waals surface area contributed by atoms with Gasteiger partial charge in [0.1, 0.15) is 11.9 Å². The Hall–Kier alpha value is -2.09. The number of ether oxygens (including phenoxy) is 1. The molecule has 0 aliphatic heterocycles. The number of fused-ring (bicyclic) bond motifs is 1. The minimum atomic E-state index is -0.633. The van der Waals surface area contributed by atoms with Crippen LogP contribution in [0.5, 0.6) is 0 Å². The van der Waals surface area contributed by atoms with E-state index in [1.165, 1.54) is 37.8 Å². The third-order valence-corrected chi connectivity index (χ3v) is 8.32. The molecule has 1 heterocycles. The summed E-state index contributed by atoms with van der Waals surface area (Å²) in [6.45, 7) is 3.81. The summed E-state index contributed by atoms with van der Waals surface area (Å²) in [5.41, 5.74) is 7.58. The molecule has 4 unspecified atom stereocenters. The highest BCUT2D eigenvalue weighted by Crippen LogP contribution is 2.48. The van der Waals surface area contributed by atoms with Crippen molar-refractivity contribution in [1.82, 2.24) is 15.1 Å². The van der Waals surface area contributed by atoms with Gasteiger partial charge in [0, 0.05) is 35.8 Å². The van der Waals surface area contributed by atoms with E-state index in [9.17, 15) is 4.39 Å². The first-order chi connectivity index (χ1) is 16.7. The Kier molecular flexibility index (Phi) is 8.09. The molecule has 2 aliphatic carbocycles. The van der Waals surface area contributed by atoms with Gasteiger partial charge in [0.05, 0.1) is 17.3 Å². The van der Waals surface area contributed by atoms with Gasteiger partial charge in [-0.25, -0.2) is 4.39 Å². The molecule has 2 saturated carbocycles. The van der Waals surface area contributed by atoms with E-state index in [1.807, 2.05) is 12.3 Å². The molecule has 0 amide bonds. The number of nitrogens with two attached hydrogens (primary N) is 1. The number of rotatable bonds is 8. The van der Waals surface area contributed by atoms with Crippen molar-refractivity contribution >= 4 is 29.0 Å². The van der Waals surface area contributed by atoms with E-state index in [1.54, 1.807) is 14.0 Å². The molecule has 1 aromatic heterocycles. The van der Waals surface area contributed by atoms with Crippen molar-refractivity contribution in [2.24, 2.45) is 22.6 Å². The predicted octanol–water partition coefficient (Wildman–Crippen LogP) is 6.03. The Morgan fingerprint density at radius 2 is 1.94 bits per heavy atom. The van der Waals surface area contributed by atoms with E-state index in [0.717, 1.165) is 17.4 Å². The minimum Gasteiger partial charge on any atom is -0.482 e. The predicted molar refractivity (Wildman–Crippen MR) is 140 cm³/mol. The molecule has 2 fully saturated rings. The molecule has 6 nitrogen and oxygen atoms in total. The first-order valence-electron chi connectivity index (χ1n) is 12.2. The molecule has 3 N–H and O–H groups in total. The number of aromatic nitrogens is 2. The Bertz CT molecular complexity index is 1100. The van der Waals surface area contributed by atoms with Crippen LogP contribution in [0.2, 0.25) is 10.0 Å². The molecule has 0 saturated heterocycles. The van der Waals surface area contributed by atoms with E-state index in [0.29, 0.717) is 28.4 Å². The standard InChI is InChI=1S/C26H34Cl2FN5O/c1-14(18-12-33-34(13-18)20-10-16-8-19(31-3)9-17(16)11-20)7-23(26(30)32-4)35-15(2)24-21(27)5-6-22(29)25(24)28/h5-7,12-17,19-20,31H,8-11H2,1-4H3,(H2,30,32). The van der Waals surface area contributed by atoms with Crippen LogP contribution in [0.25, 0.3) is 0 Å². The molecule has 2 aromatic rings. The summed E-state index contributed by atoms with van der Waals surface area (Å²) in [5.74, 6) is 1.62. The SMILES string of the molecule is CN=C(N)C(=CC(C)c1cnn(C2CC3CC(NC)CC3C2)c1)OC(C)c1c(Cl)ccc(F)c1Cl. The number of hydrogen-bond acceptors (Lipinski definition) is 4. The monoisotopic (exact) mass is 521 g/mol. The Labute approximate surface area is 216 Å². The molecule has 9 heteroatoms. The van der Waals surface area contributed by atoms with Crippen LogP contribution in [0.4, 0.5) is 4.39 Å². The lowest BCUT2D eigenvalue weighted by Crippen LogP contribution is -2.22. The van der Waals surface area contributed by atoms with Crippen LogP contribution < -0.4 is 11.1 Å². The molecule has 35 heavy (non-hydrogen) atoms. The summed E-state index contributed by atoms with van der Waals surface area (Å²) in [4.78, 5) is 4.09. The van der Waals surface area contributed by atoms with Crippen LogP contribution in [-0.4, -0.2) is 35.8 Å². The van der Waals surface area contributed by atoms with Gasteiger partial charge in [-0.15, -0.1) is 0 Å². The van der Waals surface area contributed by atoms with Crippen LogP contribution >= 0.6 is 23.2 Å². The lowest BCUT2D eigenvalue weighted by atomic mass is 10.0. The van der Waals surface area contributed by atoms with Gasteiger partial charge in [-0.3, -0.25) is 9.67 Å². The fraction of sp³-hybridized carbons (Fsp3) is 0.538. The lowest BCUT2D eigenvalue weighted by molar-refractivity contribution is 0.147. The zero-order valence-electron chi connectivity index (χ0n) is 20.6.